The zero-order valence-corrected chi connectivity index (χ0v) is 12.6. The van der Waals surface area contributed by atoms with Gasteiger partial charge in [0.2, 0.25) is 5.78 Å². The Morgan fingerprint density at radius 2 is 2.14 bits per heavy atom. The molecule has 0 fully saturated rings. The molecule has 1 aromatic carbocycles. The summed E-state index contributed by atoms with van der Waals surface area (Å²) in [7, 11) is 0. The fraction of sp³-hybridized carbons (Fsp3) is 0.125. The molecule has 0 spiro atoms. The second-order valence-corrected chi connectivity index (χ2v) is 5.38. The van der Waals surface area contributed by atoms with Crippen molar-refractivity contribution in [3.05, 3.63) is 65.3 Å². The van der Waals surface area contributed by atoms with Gasteiger partial charge in [0.15, 0.2) is 10.9 Å². The number of thiocarbonyl (C=S) groups is 1. The van der Waals surface area contributed by atoms with Gasteiger partial charge in [0.1, 0.15) is 5.75 Å². The second kappa shape index (κ2) is 5.65. The van der Waals surface area contributed by atoms with Crippen molar-refractivity contribution in [3.8, 4) is 5.75 Å². The molecule has 2 aromatic rings. The van der Waals surface area contributed by atoms with Gasteiger partial charge in [-0.1, -0.05) is 12.1 Å². The summed E-state index contributed by atoms with van der Waals surface area (Å²) in [5, 5.41) is 16.2. The number of carbonyl (C=O) groups excluding carboxylic acids is 1. The van der Waals surface area contributed by atoms with Gasteiger partial charge in [0.05, 0.1) is 12.3 Å². The zero-order valence-electron chi connectivity index (χ0n) is 11.8. The van der Waals surface area contributed by atoms with Gasteiger partial charge in [-0.25, -0.2) is 0 Å². The van der Waals surface area contributed by atoms with Crippen molar-refractivity contribution in [2.24, 2.45) is 0 Å². The van der Waals surface area contributed by atoms with Crippen LogP contribution in [-0.4, -0.2) is 16.0 Å². The molecular weight excluding hydrogens is 300 g/mol. The summed E-state index contributed by atoms with van der Waals surface area (Å²) < 4.78 is 5.21. The number of rotatable bonds is 3. The van der Waals surface area contributed by atoms with Crippen LogP contribution in [0.2, 0.25) is 0 Å². The third kappa shape index (κ3) is 2.60. The first-order valence-corrected chi connectivity index (χ1v) is 7.12. The number of ketones is 1. The number of carbonyl (C=O) groups is 1. The molecule has 5 nitrogen and oxygen atoms in total. The lowest BCUT2D eigenvalue weighted by Crippen LogP contribution is -2.44. The van der Waals surface area contributed by atoms with E-state index < -0.39 is 6.04 Å². The van der Waals surface area contributed by atoms with Gasteiger partial charge in [-0.15, -0.1) is 0 Å². The SMILES string of the molecule is CC1=C(C(=O)c2ccco2)C(c2cccc(O)c2)NC(=S)N1. The van der Waals surface area contributed by atoms with E-state index >= 15 is 0 Å². The van der Waals surface area contributed by atoms with E-state index in [0.717, 1.165) is 5.56 Å². The number of allylic oxidation sites excluding steroid dienone is 1. The highest BCUT2D eigenvalue weighted by molar-refractivity contribution is 7.80. The van der Waals surface area contributed by atoms with Gasteiger partial charge in [-0.2, -0.15) is 0 Å². The van der Waals surface area contributed by atoms with E-state index in [1.807, 2.05) is 6.07 Å². The van der Waals surface area contributed by atoms with E-state index in [1.165, 1.54) is 6.26 Å². The molecule has 1 aliphatic rings. The molecule has 22 heavy (non-hydrogen) atoms. The largest absolute Gasteiger partial charge is 0.508 e. The highest BCUT2D eigenvalue weighted by Crippen LogP contribution is 2.30. The Balaban J connectivity index is 2.08. The molecule has 1 atom stereocenters. The number of Topliss-reactive ketones (excluding diaryl/α,β-unsaturated/α-hetero) is 1. The Kier molecular flexibility index (Phi) is 3.68. The summed E-state index contributed by atoms with van der Waals surface area (Å²) in [4.78, 5) is 12.7. The second-order valence-electron chi connectivity index (χ2n) is 4.97. The molecule has 0 radical (unpaired) electrons. The molecule has 6 heteroatoms. The Hall–Kier alpha value is -2.60. The summed E-state index contributed by atoms with van der Waals surface area (Å²) in [5.74, 6) is 0.167. The van der Waals surface area contributed by atoms with E-state index in [2.05, 4.69) is 10.6 Å². The Bertz CT molecular complexity index is 765. The van der Waals surface area contributed by atoms with Gasteiger partial charge in [0.25, 0.3) is 0 Å². The normalized spacial score (nSPS) is 17.9. The molecule has 112 valence electrons. The van der Waals surface area contributed by atoms with Crippen molar-refractivity contribution in [3.63, 3.8) is 0 Å². The van der Waals surface area contributed by atoms with Crippen molar-refractivity contribution in [1.29, 1.82) is 0 Å². The molecule has 1 aromatic heterocycles. The summed E-state index contributed by atoms with van der Waals surface area (Å²) in [6.45, 7) is 1.79. The summed E-state index contributed by atoms with van der Waals surface area (Å²) in [6.07, 6.45) is 1.46. The molecule has 1 aliphatic heterocycles. The van der Waals surface area contributed by atoms with Gasteiger partial charge in [-0.05, 0) is 49.0 Å². The highest BCUT2D eigenvalue weighted by Gasteiger charge is 2.31. The number of benzene rings is 1. The van der Waals surface area contributed by atoms with Gasteiger partial charge < -0.3 is 20.2 Å². The molecule has 2 heterocycles. The van der Waals surface area contributed by atoms with E-state index in [0.29, 0.717) is 16.4 Å². The lowest BCUT2D eigenvalue weighted by molar-refractivity contribution is 0.0994. The minimum absolute atomic E-state index is 0.131. The standard InChI is InChI=1S/C16H14N2O3S/c1-9-13(15(20)12-6-3-7-21-12)14(18-16(22)17-9)10-4-2-5-11(19)8-10/h2-8,14,19H,1H3,(H2,17,18,22). The molecule has 0 bridgehead atoms. The summed E-state index contributed by atoms with van der Waals surface area (Å²) >= 11 is 5.18. The van der Waals surface area contributed by atoms with Crippen molar-refractivity contribution in [1.82, 2.24) is 10.6 Å². The first-order valence-electron chi connectivity index (χ1n) is 6.71. The first kappa shape index (κ1) is 14.3. The maximum Gasteiger partial charge on any atom is 0.228 e. The molecule has 3 N–H and O–H groups in total. The van der Waals surface area contributed by atoms with E-state index in [4.69, 9.17) is 16.6 Å². The van der Waals surface area contributed by atoms with Crippen LogP contribution in [0.15, 0.2) is 58.3 Å². The Morgan fingerprint density at radius 3 is 2.82 bits per heavy atom. The Morgan fingerprint density at radius 1 is 1.32 bits per heavy atom. The molecule has 0 saturated carbocycles. The number of hydrogen-bond acceptors (Lipinski definition) is 4. The number of nitrogens with one attached hydrogen (secondary N) is 2. The monoisotopic (exact) mass is 314 g/mol. The lowest BCUT2D eigenvalue weighted by atomic mass is 9.91. The first-order chi connectivity index (χ1) is 10.6. The maximum absolute atomic E-state index is 12.7. The number of phenolic OH excluding ortho intramolecular Hbond substituents is 1. The van der Waals surface area contributed by atoms with E-state index in [9.17, 15) is 9.90 Å². The van der Waals surface area contributed by atoms with E-state index in [-0.39, 0.29) is 17.3 Å². The van der Waals surface area contributed by atoms with Crippen molar-refractivity contribution >= 4 is 23.1 Å². The lowest BCUT2D eigenvalue weighted by Gasteiger charge is -2.30. The Labute approximate surface area is 132 Å². The third-order valence-corrected chi connectivity index (χ3v) is 3.68. The molecule has 0 amide bonds. The van der Waals surface area contributed by atoms with Crippen LogP contribution in [0.3, 0.4) is 0 Å². The fourth-order valence-corrected chi connectivity index (χ4v) is 2.76. The average Bonchev–Trinajstić information content (AvgIpc) is 3.00. The maximum atomic E-state index is 12.7. The number of aromatic hydroxyl groups is 1. The summed E-state index contributed by atoms with van der Waals surface area (Å²) in [5.41, 5.74) is 1.92. The van der Waals surface area contributed by atoms with Gasteiger partial charge in [-0.3, -0.25) is 4.79 Å². The number of furan rings is 1. The number of hydrogen-bond donors (Lipinski definition) is 3. The molecule has 3 rings (SSSR count). The van der Waals surface area contributed by atoms with Crippen LogP contribution >= 0.6 is 12.2 Å². The van der Waals surface area contributed by atoms with Gasteiger partial charge >= 0.3 is 0 Å². The van der Waals surface area contributed by atoms with E-state index in [1.54, 1.807) is 37.3 Å². The predicted molar refractivity (Wildman–Crippen MR) is 85.5 cm³/mol. The quantitative estimate of drug-likeness (QED) is 0.597. The predicted octanol–water partition coefficient (Wildman–Crippen LogP) is 2.66. The minimum atomic E-state index is -0.446. The number of phenols is 1. The van der Waals surface area contributed by atoms with Crippen molar-refractivity contribution in [2.45, 2.75) is 13.0 Å². The average molecular weight is 314 g/mol. The molecular formula is C16H14N2O3S. The topological polar surface area (TPSA) is 74.5 Å². The smallest absolute Gasteiger partial charge is 0.228 e. The van der Waals surface area contributed by atoms with Crippen molar-refractivity contribution < 1.29 is 14.3 Å². The third-order valence-electron chi connectivity index (χ3n) is 3.46. The van der Waals surface area contributed by atoms with Crippen molar-refractivity contribution in [2.75, 3.05) is 0 Å². The minimum Gasteiger partial charge on any atom is -0.508 e. The van der Waals surface area contributed by atoms with Gasteiger partial charge in [0, 0.05) is 11.3 Å². The molecule has 1 unspecified atom stereocenters. The van der Waals surface area contributed by atoms with Crippen LogP contribution in [0.1, 0.15) is 29.1 Å². The van der Waals surface area contributed by atoms with Crippen LogP contribution in [-0.2, 0) is 0 Å². The molecule has 0 aliphatic carbocycles. The van der Waals surface area contributed by atoms with Crippen LogP contribution in [0.5, 0.6) is 5.75 Å². The summed E-state index contributed by atoms with van der Waals surface area (Å²) in [6, 6.07) is 9.58. The highest BCUT2D eigenvalue weighted by atomic mass is 32.1. The van der Waals surface area contributed by atoms with Crippen LogP contribution in [0.25, 0.3) is 0 Å². The zero-order chi connectivity index (χ0) is 15.7. The van der Waals surface area contributed by atoms with Crippen LogP contribution < -0.4 is 10.6 Å². The van der Waals surface area contributed by atoms with Crippen LogP contribution in [0.4, 0.5) is 0 Å². The fourth-order valence-electron chi connectivity index (χ4n) is 2.49. The molecule has 0 saturated heterocycles. The van der Waals surface area contributed by atoms with Crippen LogP contribution in [0, 0.1) is 0 Å².